The molecule has 1 aliphatic carbocycles. The highest BCUT2D eigenvalue weighted by Crippen LogP contribution is 2.45. The lowest BCUT2D eigenvalue weighted by atomic mass is 9.66. The number of sulfonamides is 1. The number of methoxy groups -OCH3 is 1. The van der Waals surface area contributed by atoms with Crippen LogP contribution in [0, 0.1) is 11.7 Å². The molecule has 184 valence electrons. The summed E-state index contributed by atoms with van der Waals surface area (Å²) in [6.07, 6.45) is 2.50. The molecule has 7 nitrogen and oxygen atoms in total. The zero-order valence-corrected chi connectivity index (χ0v) is 20.6. The van der Waals surface area contributed by atoms with E-state index in [0.29, 0.717) is 35.3 Å². The number of nitrogens with zero attached hydrogens (tertiary/aromatic N) is 1. The molecule has 2 N–H and O–H groups in total. The monoisotopic (exact) mass is 490 g/mol. The molecular formula is C25H31FN2O5S. The van der Waals surface area contributed by atoms with Crippen molar-refractivity contribution in [3.05, 3.63) is 53.8 Å². The number of fused-ring (bicyclic) bond motifs is 2. The standard InChI is InChI=1S/C25H31FN2O5S/c1-25(2,30)24(29)28-18-11-17(12-18)23(27-34(4,31)32)21(28)14-16-8-6-10-20(22(16)26)15-7-5-9-19(13-15)33-3/h5-10,13,17-18,21,23,27,30H,11-12,14H2,1-4H3/t17?,18?,21-,23-/m0/s1. The summed E-state index contributed by atoms with van der Waals surface area (Å²) in [4.78, 5) is 14.8. The Labute approximate surface area is 200 Å². The van der Waals surface area contributed by atoms with Gasteiger partial charge in [0.25, 0.3) is 5.91 Å². The molecule has 2 bridgehead atoms. The average Bonchev–Trinajstić information content (AvgIpc) is 2.72. The maximum Gasteiger partial charge on any atom is 0.254 e. The van der Waals surface area contributed by atoms with Crippen molar-refractivity contribution in [1.29, 1.82) is 0 Å². The van der Waals surface area contributed by atoms with Crippen molar-refractivity contribution in [3.8, 4) is 16.9 Å². The number of carbonyl (C=O) groups excluding carboxylic acids is 1. The maximum atomic E-state index is 15.8. The van der Waals surface area contributed by atoms with Crippen LogP contribution in [0.25, 0.3) is 11.1 Å². The predicted molar refractivity (Wildman–Crippen MR) is 127 cm³/mol. The number of carbonyl (C=O) groups is 1. The Hall–Kier alpha value is -2.49. The van der Waals surface area contributed by atoms with Gasteiger partial charge in [0.1, 0.15) is 17.2 Å². The van der Waals surface area contributed by atoms with E-state index in [1.165, 1.54) is 13.8 Å². The molecule has 0 spiro atoms. The summed E-state index contributed by atoms with van der Waals surface area (Å²) in [6.45, 7) is 2.83. The molecule has 9 heteroatoms. The molecule has 2 aromatic rings. The van der Waals surface area contributed by atoms with Gasteiger partial charge in [-0.1, -0.05) is 30.3 Å². The Morgan fingerprint density at radius 3 is 2.53 bits per heavy atom. The Kier molecular flexibility index (Phi) is 6.48. The molecule has 2 aromatic carbocycles. The van der Waals surface area contributed by atoms with Crippen molar-refractivity contribution in [2.24, 2.45) is 5.92 Å². The third-order valence-corrected chi connectivity index (χ3v) is 7.52. The van der Waals surface area contributed by atoms with Crippen molar-refractivity contribution in [2.45, 2.75) is 56.8 Å². The quantitative estimate of drug-likeness (QED) is 0.622. The molecular weight excluding hydrogens is 459 g/mol. The van der Waals surface area contributed by atoms with Crippen LogP contribution in [0.1, 0.15) is 32.3 Å². The average molecular weight is 491 g/mol. The summed E-state index contributed by atoms with van der Waals surface area (Å²) in [5.74, 6) is -0.247. The van der Waals surface area contributed by atoms with Crippen molar-refractivity contribution in [2.75, 3.05) is 13.4 Å². The molecule has 0 unspecified atom stereocenters. The molecule has 2 heterocycles. The Bertz CT molecular complexity index is 1190. The molecule has 1 saturated carbocycles. The molecule has 5 rings (SSSR count). The fourth-order valence-corrected chi connectivity index (χ4v) is 6.01. The zero-order chi connectivity index (χ0) is 24.8. The predicted octanol–water partition coefficient (Wildman–Crippen LogP) is 2.72. The molecule has 1 amide bonds. The van der Waals surface area contributed by atoms with Gasteiger partial charge in [0, 0.05) is 17.6 Å². The number of benzene rings is 2. The molecule has 0 aromatic heterocycles. The van der Waals surface area contributed by atoms with E-state index >= 15 is 4.39 Å². The van der Waals surface area contributed by atoms with Gasteiger partial charge >= 0.3 is 0 Å². The van der Waals surface area contributed by atoms with Crippen LogP contribution in [0.15, 0.2) is 42.5 Å². The lowest BCUT2D eigenvalue weighted by Gasteiger charge is -2.58. The number of hydrogen-bond acceptors (Lipinski definition) is 5. The van der Waals surface area contributed by atoms with Gasteiger partial charge < -0.3 is 14.7 Å². The van der Waals surface area contributed by atoms with Crippen LogP contribution in [0.2, 0.25) is 0 Å². The zero-order valence-electron chi connectivity index (χ0n) is 19.8. The van der Waals surface area contributed by atoms with E-state index in [4.69, 9.17) is 4.74 Å². The number of aliphatic hydroxyl groups is 1. The minimum absolute atomic E-state index is 0.0557. The van der Waals surface area contributed by atoms with Gasteiger partial charge in [-0.15, -0.1) is 0 Å². The lowest BCUT2D eigenvalue weighted by molar-refractivity contribution is -0.166. The molecule has 2 atom stereocenters. The van der Waals surface area contributed by atoms with Crippen LogP contribution >= 0.6 is 0 Å². The van der Waals surface area contributed by atoms with Crippen LogP contribution in [-0.4, -0.2) is 61.4 Å². The third kappa shape index (κ3) is 4.82. The topological polar surface area (TPSA) is 95.9 Å². The van der Waals surface area contributed by atoms with Crippen LogP contribution in [0.5, 0.6) is 5.75 Å². The summed E-state index contributed by atoms with van der Waals surface area (Å²) >= 11 is 0. The van der Waals surface area contributed by atoms with Crippen molar-refractivity contribution in [3.63, 3.8) is 0 Å². The number of nitrogens with one attached hydrogen (secondary N) is 1. The van der Waals surface area contributed by atoms with E-state index in [1.54, 1.807) is 54.5 Å². The number of ether oxygens (including phenoxy) is 1. The Balaban J connectivity index is 1.73. The fourth-order valence-electron chi connectivity index (χ4n) is 5.16. The SMILES string of the molecule is COc1cccc(-c2cccc(C[C@H]3[C@@H](NS(C)(=O)=O)C4CC(C4)N3C(=O)C(C)(C)O)c2F)c1. The van der Waals surface area contributed by atoms with Gasteiger partial charge in [-0.3, -0.25) is 4.79 Å². The molecule has 34 heavy (non-hydrogen) atoms. The van der Waals surface area contributed by atoms with Crippen molar-refractivity contribution >= 4 is 15.9 Å². The first-order valence-corrected chi connectivity index (χ1v) is 13.2. The summed E-state index contributed by atoms with van der Waals surface area (Å²) in [5, 5.41) is 10.5. The van der Waals surface area contributed by atoms with Crippen LogP contribution in [0.3, 0.4) is 0 Å². The van der Waals surface area contributed by atoms with E-state index in [9.17, 15) is 18.3 Å². The van der Waals surface area contributed by atoms with E-state index in [1.807, 2.05) is 0 Å². The van der Waals surface area contributed by atoms with Crippen LogP contribution < -0.4 is 9.46 Å². The number of hydrogen-bond donors (Lipinski definition) is 2. The van der Waals surface area contributed by atoms with Crippen molar-refractivity contribution < 1.29 is 27.4 Å². The van der Waals surface area contributed by atoms with Gasteiger partial charge in [-0.2, -0.15) is 0 Å². The smallest absolute Gasteiger partial charge is 0.254 e. The second-order valence-electron chi connectivity index (χ2n) is 9.85. The maximum absolute atomic E-state index is 15.8. The molecule has 0 radical (unpaired) electrons. The number of halogens is 1. The number of piperidine rings is 2. The third-order valence-electron chi connectivity index (χ3n) is 6.82. The second kappa shape index (κ2) is 8.94. The fraction of sp³-hybridized carbons (Fsp3) is 0.480. The van der Waals surface area contributed by atoms with Crippen LogP contribution in [0.4, 0.5) is 4.39 Å². The first kappa shape index (κ1) is 24.6. The minimum atomic E-state index is -3.57. The minimum Gasteiger partial charge on any atom is -0.497 e. The van der Waals surface area contributed by atoms with Gasteiger partial charge in [0.2, 0.25) is 10.0 Å². The van der Waals surface area contributed by atoms with E-state index in [0.717, 1.165) is 6.26 Å². The first-order valence-electron chi connectivity index (χ1n) is 11.3. The molecule has 3 fully saturated rings. The largest absolute Gasteiger partial charge is 0.497 e. The lowest BCUT2D eigenvalue weighted by Crippen LogP contribution is -2.72. The van der Waals surface area contributed by atoms with Crippen LogP contribution in [-0.2, 0) is 21.2 Å². The van der Waals surface area contributed by atoms with Gasteiger partial charge in [-0.05, 0) is 62.3 Å². The van der Waals surface area contributed by atoms with E-state index in [-0.39, 0.29) is 18.4 Å². The summed E-state index contributed by atoms with van der Waals surface area (Å²) in [6, 6.07) is 10.9. The summed E-state index contributed by atoms with van der Waals surface area (Å²) < 4.78 is 48.0. The van der Waals surface area contributed by atoms with Gasteiger partial charge in [0.05, 0.1) is 19.4 Å². The Morgan fingerprint density at radius 2 is 1.91 bits per heavy atom. The molecule has 2 saturated heterocycles. The van der Waals surface area contributed by atoms with Crippen molar-refractivity contribution in [1.82, 2.24) is 9.62 Å². The van der Waals surface area contributed by atoms with E-state index < -0.39 is 39.4 Å². The molecule has 2 aliphatic heterocycles. The van der Waals surface area contributed by atoms with Gasteiger partial charge in [0.15, 0.2) is 0 Å². The number of amides is 1. The highest BCUT2D eigenvalue weighted by atomic mass is 32.2. The first-order chi connectivity index (χ1) is 15.9. The normalized spacial score (nSPS) is 24.5. The summed E-state index contributed by atoms with van der Waals surface area (Å²) in [7, 11) is -2.02. The van der Waals surface area contributed by atoms with Gasteiger partial charge in [-0.25, -0.2) is 17.5 Å². The summed E-state index contributed by atoms with van der Waals surface area (Å²) in [5.41, 5.74) is -0.205. The van der Waals surface area contributed by atoms with E-state index in [2.05, 4.69) is 4.72 Å². The highest BCUT2D eigenvalue weighted by molar-refractivity contribution is 7.88. The Morgan fingerprint density at radius 1 is 1.24 bits per heavy atom. The number of rotatable bonds is 7. The molecule has 3 aliphatic rings. The second-order valence-corrected chi connectivity index (χ2v) is 11.6. The highest BCUT2D eigenvalue weighted by Gasteiger charge is 2.54.